The molecular weight excluding hydrogens is 180 g/mol. The average molecular weight is 192 g/mol. The van der Waals surface area contributed by atoms with Crippen molar-refractivity contribution in [3.05, 3.63) is 23.5 Å². The predicted octanol–water partition coefficient (Wildman–Crippen LogP) is 1.44. The first-order valence-corrected chi connectivity index (χ1v) is 4.24. The van der Waals surface area contributed by atoms with Crippen molar-refractivity contribution in [1.29, 1.82) is 5.26 Å². The van der Waals surface area contributed by atoms with E-state index in [4.69, 9.17) is 5.26 Å². The maximum Gasteiger partial charge on any atom is 0.354 e. The lowest BCUT2D eigenvalue weighted by Crippen LogP contribution is -2.06. The van der Waals surface area contributed by atoms with E-state index >= 15 is 0 Å². The monoisotopic (exact) mass is 192 g/mol. The third-order valence-electron chi connectivity index (χ3n) is 2.11. The lowest BCUT2D eigenvalue weighted by Gasteiger charge is -1.98. The minimum Gasteiger partial charge on any atom is -0.464 e. The number of nitriles is 1. The molecule has 0 amide bonds. The zero-order valence-corrected chi connectivity index (χ0v) is 8.44. The summed E-state index contributed by atoms with van der Waals surface area (Å²) in [7, 11) is 3.09. The zero-order chi connectivity index (χ0) is 10.7. The lowest BCUT2D eigenvalue weighted by molar-refractivity contribution is 0.0590. The quantitative estimate of drug-likeness (QED) is 0.666. The molecule has 74 valence electrons. The Labute approximate surface area is 82.7 Å². The molecule has 0 saturated heterocycles. The van der Waals surface area contributed by atoms with Crippen molar-refractivity contribution in [2.24, 2.45) is 7.05 Å². The van der Waals surface area contributed by atoms with Gasteiger partial charge in [0.15, 0.2) is 0 Å². The van der Waals surface area contributed by atoms with Crippen LogP contribution in [0.1, 0.15) is 28.9 Å². The maximum absolute atomic E-state index is 11.2. The number of rotatable bonds is 2. The van der Waals surface area contributed by atoms with Gasteiger partial charge >= 0.3 is 5.97 Å². The van der Waals surface area contributed by atoms with Gasteiger partial charge in [0.05, 0.1) is 19.1 Å². The van der Waals surface area contributed by atoms with Crippen LogP contribution in [0.25, 0.3) is 0 Å². The highest BCUT2D eigenvalue weighted by Gasteiger charge is 2.14. The van der Waals surface area contributed by atoms with Crippen LogP contribution in [0.3, 0.4) is 0 Å². The molecule has 1 unspecified atom stereocenters. The topological polar surface area (TPSA) is 55.0 Å². The number of esters is 1. The number of aromatic nitrogens is 1. The van der Waals surface area contributed by atoms with Gasteiger partial charge in [0.2, 0.25) is 0 Å². The van der Waals surface area contributed by atoms with Crippen molar-refractivity contribution in [3.8, 4) is 6.07 Å². The van der Waals surface area contributed by atoms with Crippen LogP contribution in [-0.2, 0) is 11.8 Å². The number of carbonyl (C=O) groups is 1. The fourth-order valence-corrected chi connectivity index (χ4v) is 1.21. The molecule has 0 N–H and O–H groups in total. The Balaban J connectivity index is 3.06. The highest BCUT2D eigenvalue weighted by Crippen LogP contribution is 2.17. The van der Waals surface area contributed by atoms with E-state index in [1.807, 2.05) is 0 Å². The molecule has 0 aliphatic heterocycles. The molecule has 0 aliphatic carbocycles. The summed E-state index contributed by atoms with van der Waals surface area (Å²) in [4.78, 5) is 11.2. The summed E-state index contributed by atoms with van der Waals surface area (Å²) in [6.07, 6.45) is 1.76. The van der Waals surface area contributed by atoms with E-state index in [0.29, 0.717) is 5.69 Å². The minimum atomic E-state index is -0.385. The van der Waals surface area contributed by atoms with Crippen LogP contribution in [0, 0.1) is 11.3 Å². The summed E-state index contributed by atoms with van der Waals surface area (Å²) in [5.41, 5.74) is 1.29. The zero-order valence-electron chi connectivity index (χ0n) is 8.44. The van der Waals surface area contributed by atoms with Gasteiger partial charge in [-0.25, -0.2) is 4.79 Å². The molecule has 0 fully saturated rings. The highest BCUT2D eigenvalue weighted by molar-refractivity contribution is 5.88. The van der Waals surface area contributed by atoms with Crippen LogP contribution < -0.4 is 0 Å². The largest absolute Gasteiger partial charge is 0.464 e. The van der Waals surface area contributed by atoms with Gasteiger partial charge in [-0.2, -0.15) is 5.26 Å². The second-order valence-electron chi connectivity index (χ2n) is 3.11. The van der Waals surface area contributed by atoms with Gasteiger partial charge in [-0.05, 0) is 18.6 Å². The normalized spacial score (nSPS) is 11.9. The fourth-order valence-electron chi connectivity index (χ4n) is 1.21. The number of hydrogen-bond donors (Lipinski definition) is 0. The first-order valence-electron chi connectivity index (χ1n) is 4.24. The van der Waals surface area contributed by atoms with E-state index in [2.05, 4.69) is 10.8 Å². The third kappa shape index (κ3) is 1.77. The predicted molar refractivity (Wildman–Crippen MR) is 50.8 cm³/mol. The van der Waals surface area contributed by atoms with E-state index in [1.165, 1.54) is 7.11 Å². The molecule has 1 rings (SSSR count). The van der Waals surface area contributed by atoms with Gasteiger partial charge in [-0.1, -0.05) is 0 Å². The Bertz CT molecular complexity index is 387. The molecule has 0 aliphatic rings. The summed E-state index contributed by atoms with van der Waals surface area (Å²) in [6, 6.07) is 3.79. The molecule has 1 heterocycles. The van der Waals surface area contributed by atoms with Crippen molar-refractivity contribution < 1.29 is 9.53 Å². The Morgan fingerprint density at radius 1 is 1.71 bits per heavy atom. The van der Waals surface area contributed by atoms with Crippen LogP contribution >= 0.6 is 0 Å². The highest BCUT2D eigenvalue weighted by atomic mass is 16.5. The third-order valence-corrected chi connectivity index (χ3v) is 2.11. The van der Waals surface area contributed by atoms with Crippen molar-refractivity contribution in [2.75, 3.05) is 7.11 Å². The Morgan fingerprint density at radius 3 is 2.86 bits per heavy atom. The SMILES string of the molecule is COC(=O)c1cc(C(C)C#N)cn1C. The molecule has 1 aromatic heterocycles. The van der Waals surface area contributed by atoms with Crippen LogP contribution in [0.2, 0.25) is 0 Å². The minimum absolute atomic E-state index is 0.209. The Morgan fingerprint density at radius 2 is 2.36 bits per heavy atom. The van der Waals surface area contributed by atoms with Crippen LogP contribution in [0.5, 0.6) is 0 Å². The van der Waals surface area contributed by atoms with E-state index < -0.39 is 0 Å². The Hall–Kier alpha value is -1.76. The van der Waals surface area contributed by atoms with Gasteiger partial charge in [0.25, 0.3) is 0 Å². The fraction of sp³-hybridized carbons (Fsp3) is 0.400. The summed E-state index contributed by atoms with van der Waals surface area (Å²) in [6.45, 7) is 1.79. The van der Waals surface area contributed by atoms with Gasteiger partial charge < -0.3 is 9.30 Å². The van der Waals surface area contributed by atoms with Gasteiger partial charge in [-0.15, -0.1) is 0 Å². The summed E-state index contributed by atoms with van der Waals surface area (Å²) < 4.78 is 6.26. The first-order chi connectivity index (χ1) is 6.60. The van der Waals surface area contributed by atoms with E-state index in [1.54, 1.807) is 30.8 Å². The molecule has 0 saturated carbocycles. The van der Waals surface area contributed by atoms with E-state index in [-0.39, 0.29) is 11.9 Å². The number of aryl methyl sites for hydroxylation is 1. The summed E-state index contributed by atoms with van der Waals surface area (Å²) in [5.74, 6) is -0.594. The molecule has 0 radical (unpaired) electrons. The van der Waals surface area contributed by atoms with Crippen molar-refractivity contribution >= 4 is 5.97 Å². The van der Waals surface area contributed by atoms with Crippen molar-refractivity contribution in [2.45, 2.75) is 12.8 Å². The standard InChI is InChI=1S/C10H12N2O2/c1-7(5-11)8-4-9(10(13)14-3)12(2)6-8/h4,6-7H,1-3H3. The molecular formula is C10H12N2O2. The van der Waals surface area contributed by atoms with Gasteiger partial charge in [0, 0.05) is 13.2 Å². The van der Waals surface area contributed by atoms with Crippen LogP contribution in [0.15, 0.2) is 12.3 Å². The molecule has 4 nitrogen and oxygen atoms in total. The number of nitrogens with zero attached hydrogens (tertiary/aromatic N) is 2. The number of methoxy groups -OCH3 is 1. The van der Waals surface area contributed by atoms with Crippen molar-refractivity contribution in [3.63, 3.8) is 0 Å². The maximum atomic E-state index is 11.2. The first kappa shape index (κ1) is 10.3. The molecule has 0 aromatic carbocycles. The molecule has 4 heteroatoms. The van der Waals surface area contributed by atoms with E-state index in [9.17, 15) is 4.79 Å². The van der Waals surface area contributed by atoms with Gasteiger partial charge in [-0.3, -0.25) is 0 Å². The van der Waals surface area contributed by atoms with Crippen LogP contribution in [0.4, 0.5) is 0 Å². The van der Waals surface area contributed by atoms with E-state index in [0.717, 1.165) is 5.56 Å². The number of ether oxygens (including phenoxy) is 1. The number of hydrogen-bond acceptors (Lipinski definition) is 3. The lowest BCUT2D eigenvalue weighted by atomic mass is 10.1. The number of carbonyl (C=O) groups excluding carboxylic acids is 1. The van der Waals surface area contributed by atoms with Gasteiger partial charge in [0.1, 0.15) is 5.69 Å². The Kier molecular flexibility index (Phi) is 2.92. The second kappa shape index (κ2) is 3.97. The molecule has 14 heavy (non-hydrogen) atoms. The van der Waals surface area contributed by atoms with Crippen molar-refractivity contribution in [1.82, 2.24) is 4.57 Å². The summed E-state index contributed by atoms with van der Waals surface area (Å²) >= 11 is 0. The smallest absolute Gasteiger partial charge is 0.354 e. The molecule has 1 aromatic rings. The summed E-state index contributed by atoms with van der Waals surface area (Å²) in [5, 5.41) is 8.71. The van der Waals surface area contributed by atoms with Crippen LogP contribution in [-0.4, -0.2) is 17.6 Å². The molecule has 0 bridgehead atoms. The molecule has 1 atom stereocenters. The second-order valence-corrected chi connectivity index (χ2v) is 3.11. The average Bonchev–Trinajstić information content (AvgIpc) is 2.58. The molecule has 0 spiro atoms.